The van der Waals surface area contributed by atoms with Crippen molar-refractivity contribution < 1.29 is 14.7 Å². The molecule has 104 valence electrons. The van der Waals surface area contributed by atoms with Crippen molar-refractivity contribution in [1.82, 2.24) is 4.90 Å². The minimum atomic E-state index is -1.05. The summed E-state index contributed by atoms with van der Waals surface area (Å²) in [7, 11) is 1.70. The van der Waals surface area contributed by atoms with E-state index in [0.717, 1.165) is 0 Å². The van der Waals surface area contributed by atoms with Gasteiger partial charge in [-0.1, -0.05) is 26.0 Å². The van der Waals surface area contributed by atoms with Crippen LogP contribution in [0.5, 0.6) is 0 Å². The maximum Gasteiger partial charge on any atom is 0.336 e. The molecule has 0 bridgehead atoms. The standard InChI is InChI=1S/C15H21NO3/c1-9(2)8-16(5)14(17)12-10(3)6-7-11(4)13(12)15(18)19/h6-7,9H,8H2,1-5H3,(H,18,19). The van der Waals surface area contributed by atoms with Gasteiger partial charge >= 0.3 is 5.97 Å². The summed E-state index contributed by atoms with van der Waals surface area (Å²) < 4.78 is 0. The van der Waals surface area contributed by atoms with E-state index in [-0.39, 0.29) is 11.5 Å². The number of aromatic carboxylic acids is 1. The second-order valence-corrected chi connectivity index (χ2v) is 5.33. The molecule has 4 heteroatoms. The SMILES string of the molecule is Cc1ccc(C)c(C(=O)N(C)CC(C)C)c1C(=O)O. The number of benzene rings is 1. The predicted octanol–water partition coefficient (Wildman–Crippen LogP) is 2.73. The molecule has 0 spiro atoms. The number of hydrogen-bond acceptors (Lipinski definition) is 2. The smallest absolute Gasteiger partial charge is 0.336 e. The monoisotopic (exact) mass is 263 g/mol. The van der Waals surface area contributed by atoms with Crippen molar-refractivity contribution in [3.8, 4) is 0 Å². The zero-order valence-corrected chi connectivity index (χ0v) is 12.2. The van der Waals surface area contributed by atoms with Gasteiger partial charge in [-0.15, -0.1) is 0 Å². The summed E-state index contributed by atoms with van der Waals surface area (Å²) in [5, 5.41) is 9.31. The van der Waals surface area contributed by atoms with Gasteiger partial charge in [-0.2, -0.15) is 0 Å². The second kappa shape index (κ2) is 5.87. The third-order valence-electron chi connectivity index (χ3n) is 3.04. The summed E-state index contributed by atoms with van der Waals surface area (Å²) in [5.41, 5.74) is 1.72. The van der Waals surface area contributed by atoms with Crippen LogP contribution < -0.4 is 0 Å². The molecule has 1 N–H and O–H groups in total. The zero-order chi connectivity index (χ0) is 14.7. The largest absolute Gasteiger partial charge is 0.478 e. The Labute approximate surface area is 114 Å². The first-order valence-corrected chi connectivity index (χ1v) is 6.34. The van der Waals surface area contributed by atoms with Crippen LogP contribution in [0.15, 0.2) is 12.1 Å². The van der Waals surface area contributed by atoms with Crippen LogP contribution in [0.25, 0.3) is 0 Å². The molecule has 1 amide bonds. The molecule has 0 aliphatic carbocycles. The lowest BCUT2D eigenvalue weighted by Crippen LogP contribution is -2.32. The Morgan fingerprint density at radius 3 is 2.05 bits per heavy atom. The highest BCUT2D eigenvalue weighted by atomic mass is 16.4. The lowest BCUT2D eigenvalue weighted by atomic mass is 9.96. The third kappa shape index (κ3) is 3.34. The molecule has 0 saturated heterocycles. The highest BCUT2D eigenvalue weighted by Crippen LogP contribution is 2.20. The lowest BCUT2D eigenvalue weighted by Gasteiger charge is -2.22. The first kappa shape index (κ1) is 15.2. The van der Waals surface area contributed by atoms with Gasteiger partial charge in [0.15, 0.2) is 0 Å². The van der Waals surface area contributed by atoms with Crippen LogP contribution in [-0.2, 0) is 0 Å². The number of carbonyl (C=O) groups is 2. The van der Waals surface area contributed by atoms with Crippen LogP contribution >= 0.6 is 0 Å². The van der Waals surface area contributed by atoms with E-state index >= 15 is 0 Å². The van der Waals surface area contributed by atoms with E-state index in [9.17, 15) is 14.7 Å². The first-order chi connectivity index (χ1) is 8.75. The number of hydrogen-bond donors (Lipinski definition) is 1. The Kier molecular flexibility index (Phi) is 4.70. The Morgan fingerprint density at radius 1 is 1.16 bits per heavy atom. The fourth-order valence-electron chi connectivity index (χ4n) is 2.18. The minimum Gasteiger partial charge on any atom is -0.478 e. The Hall–Kier alpha value is -1.84. The highest BCUT2D eigenvalue weighted by molar-refractivity contribution is 6.06. The van der Waals surface area contributed by atoms with Crippen molar-refractivity contribution in [2.24, 2.45) is 5.92 Å². The van der Waals surface area contributed by atoms with Gasteiger partial charge in [0, 0.05) is 13.6 Å². The van der Waals surface area contributed by atoms with E-state index in [1.54, 1.807) is 37.9 Å². The van der Waals surface area contributed by atoms with E-state index in [0.29, 0.717) is 29.2 Å². The van der Waals surface area contributed by atoms with Crippen molar-refractivity contribution >= 4 is 11.9 Å². The molecule has 0 atom stereocenters. The van der Waals surface area contributed by atoms with Gasteiger partial charge in [-0.05, 0) is 30.9 Å². The number of aryl methyl sites for hydroxylation is 2. The van der Waals surface area contributed by atoms with Crippen molar-refractivity contribution in [3.63, 3.8) is 0 Å². The van der Waals surface area contributed by atoms with Gasteiger partial charge in [-0.3, -0.25) is 4.79 Å². The van der Waals surface area contributed by atoms with Gasteiger partial charge in [0.2, 0.25) is 0 Å². The Morgan fingerprint density at radius 2 is 1.63 bits per heavy atom. The quantitative estimate of drug-likeness (QED) is 0.908. The maximum absolute atomic E-state index is 12.4. The maximum atomic E-state index is 12.4. The van der Waals surface area contributed by atoms with Crippen molar-refractivity contribution in [2.75, 3.05) is 13.6 Å². The summed E-state index contributed by atoms with van der Waals surface area (Å²) in [5.74, 6) is -0.942. The highest BCUT2D eigenvalue weighted by Gasteiger charge is 2.23. The summed E-state index contributed by atoms with van der Waals surface area (Å²) in [4.78, 5) is 25.4. The summed E-state index contributed by atoms with van der Waals surface area (Å²) in [6, 6.07) is 3.52. The average Bonchev–Trinajstić information content (AvgIpc) is 2.29. The number of carboxylic acid groups (broad SMARTS) is 1. The Bertz CT molecular complexity index is 506. The van der Waals surface area contributed by atoms with E-state index in [4.69, 9.17) is 0 Å². The van der Waals surface area contributed by atoms with Crippen molar-refractivity contribution in [1.29, 1.82) is 0 Å². The van der Waals surface area contributed by atoms with Crippen LogP contribution in [-0.4, -0.2) is 35.5 Å². The van der Waals surface area contributed by atoms with Crippen LogP contribution in [0.1, 0.15) is 45.7 Å². The summed E-state index contributed by atoms with van der Waals surface area (Å²) in [6.45, 7) is 8.12. The fourth-order valence-corrected chi connectivity index (χ4v) is 2.18. The van der Waals surface area contributed by atoms with Gasteiger partial charge in [0.05, 0.1) is 11.1 Å². The van der Waals surface area contributed by atoms with E-state index < -0.39 is 5.97 Å². The summed E-state index contributed by atoms with van der Waals surface area (Å²) >= 11 is 0. The second-order valence-electron chi connectivity index (χ2n) is 5.33. The number of carbonyl (C=O) groups excluding carboxylic acids is 1. The molecule has 0 aliphatic heterocycles. The van der Waals surface area contributed by atoms with Gasteiger partial charge < -0.3 is 10.0 Å². The topological polar surface area (TPSA) is 57.6 Å². The zero-order valence-electron chi connectivity index (χ0n) is 12.2. The van der Waals surface area contributed by atoms with E-state index in [1.165, 1.54) is 0 Å². The van der Waals surface area contributed by atoms with Gasteiger partial charge in [-0.25, -0.2) is 4.79 Å². The Balaban J connectivity index is 3.29. The first-order valence-electron chi connectivity index (χ1n) is 6.34. The number of amides is 1. The fraction of sp³-hybridized carbons (Fsp3) is 0.467. The number of rotatable bonds is 4. The van der Waals surface area contributed by atoms with Crippen LogP contribution in [0, 0.1) is 19.8 Å². The van der Waals surface area contributed by atoms with Crippen LogP contribution in [0.3, 0.4) is 0 Å². The molecule has 0 heterocycles. The normalized spacial score (nSPS) is 10.6. The molecule has 4 nitrogen and oxygen atoms in total. The van der Waals surface area contributed by atoms with E-state index in [2.05, 4.69) is 0 Å². The molecule has 19 heavy (non-hydrogen) atoms. The average molecular weight is 263 g/mol. The molecular weight excluding hydrogens is 242 g/mol. The summed E-state index contributed by atoms with van der Waals surface area (Å²) in [6.07, 6.45) is 0. The van der Waals surface area contributed by atoms with Crippen LogP contribution in [0.4, 0.5) is 0 Å². The van der Waals surface area contributed by atoms with Crippen LogP contribution in [0.2, 0.25) is 0 Å². The van der Waals surface area contributed by atoms with E-state index in [1.807, 2.05) is 13.8 Å². The molecule has 1 rings (SSSR count). The minimum absolute atomic E-state index is 0.112. The number of nitrogens with zero attached hydrogens (tertiary/aromatic N) is 1. The lowest BCUT2D eigenvalue weighted by molar-refractivity contribution is 0.0678. The van der Waals surface area contributed by atoms with Crippen molar-refractivity contribution in [2.45, 2.75) is 27.7 Å². The van der Waals surface area contributed by atoms with Crippen molar-refractivity contribution in [3.05, 3.63) is 34.4 Å². The molecule has 1 aromatic carbocycles. The molecule has 0 aliphatic rings. The van der Waals surface area contributed by atoms with Gasteiger partial charge in [0.25, 0.3) is 5.91 Å². The predicted molar refractivity (Wildman–Crippen MR) is 74.7 cm³/mol. The molecule has 0 radical (unpaired) electrons. The van der Waals surface area contributed by atoms with Gasteiger partial charge in [0.1, 0.15) is 0 Å². The molecule has 1 aromatic rings. The molecule has 0 aromatic heterocycles. The third-order valence-corrected chi connectivity index (χ3v) is 3.04. The molecule has 0 unspecified atom stereocenters. The molecule has 0 saturated carbocycles. The number of carboxylic acids is 1. The molecule has 0 fully saturated rings. The molecular formula is C15H21NO3.